The SMILES string of the molecule is CS(=O)(=O)N1CC(CNc2ncnc(N(Cc3ccc(C(F)(F)F)cc3)C3CC3)c2F)C1. The third-order valence-electron chi connectivity index (χ3n) is 5.62. The highest BCUT2D eigenvalue weighted by Gasteiger charge is 2.35. The quantitative estimate of drug-likeness (QED) is 0.594. The van der Waals surface area contributed by atoms with Gasteiger partial charge in [0.2, 0.25) is 15.8 Å². The molecule has 1 aliphatic heterocycles. The van der Waals surface area contributed by atoms with Crippen molar-refractivity contribution in [3.63, 3.8) is 0 Å². The van der Waals surface area contributed by atoms with Gasteiger partial charge in [-0.15, -0.1) is 0 Å². The van der Waals surface area contributed by atoms with Gasteiger partial charge >= 0.3 is 6.18 Å². The number of hydrogen-bond acceptors (Lipinski definition) is 6. The first-order valence-corrected chi connectivity index (χ1v) is 12.0. The van der Waals surface area contributed by atoms with E-state index in [0.29, 0.717) is 25.2 Å². The number of sulfonamides is 1. The lowest BCUT2D eigenvalue weighted by Gasteiger charge is -2.37. The van der Waals surface area contributed by atoms with Gasteiger partial charge in [0.05, 0.1) is 11.8 Å². The smallest absolute Gasteiger partial charge is 0.367 e. The van der Waals surface area contributed by atoms with Gasteiger partial charge in [0.15, 0.2) is 11.6 Å². The monoisotopic (exact) mass is 473 g/mol. The van der Waals surface area contributed by atoms with Crippen LogP contribution in [0.4, 0.5) is 29.2 Å². The summed E-state index contributed by atoms with van der Waals surface area (Å²) >= 11 is 0. The van der Waals surface area contributed by atoms with Gasteiger partial charge in [-0.25, -0.2) is 22.7 Å². The summed E-state index contributed by atoms with van der Waals surface area (Å²) in [7, 11) is -3.21. The molecule has 2 heterocycles. The third kappa shape index (κ3) is 5.12. The van der Waals surface area contributed by atoms with E-state index in [-0.39, 0.29) is 30.1 Å². The Morgan fingerprint density at radius 3 is 2.38 bits per heavy atom. The fraction of sp³-hybridized carbons (Fsp3) is 0.500. The fourth-order valence-electron chi connectivity index (χ4n) is 3.61. The zero-order chi connectivity index (χ0) is 23.1. The third-order valence-corrected chi connectivity index (χ3v) is 6.85. The molecule has 0 atom stereocenters. The molecule has 0 spiro atoms. The molecule has 1 saturated carbocycles. The molecule has 1 saturated heterocycles. The molecule has 0 radical (unpaired) electrons. The number of aromatic nitrogens is 2. The van der Waals surface area contributed by atoms with E-state index >= 15 is 4.39 Å². The lowest BCUT2D eigenvalue weighted by atomic mass is 10.0. The normalized spacial score (nSPS) is 17.8. The maximum Gasteiger partial charge on any atom is 0.416 e. The molecule has 7 nitrogen and oxygen atoms in total. The van der Waals surface area contributed by atoms with Crippen molar-refractivity contribution in [3.8, 4) is 0 Å². The number of rotatable bonds is 8. The van der Waals surface area contributed by atoms with Crippen LogP contribution in [0.5, 0.6) is 0 Å². The van der Waals surface area contributed by atoms with Gasteiger partial charge in [0, 0.05) is 38.1 Å². The molecular formula is C20H23F4N5O2S. The summed E-state index contributed by atoms with van der Waals surface area (Å²) in [5.41, 5.74) is -0.114. The minimum atomic E-state index is -4.41. The molecule has 4 rings (SSSR count). The van der Waals surface area contributed by atoms with Crippen molar-refractivity contribution in [2.45, 2.75) is 31.6 Å². The van der Waals surface area contributed by atoms with E-state index in [9.17, 15) is 21.6 Å². The highest BCUT2D eigenvalue weighted by atomic mass is 32.2. The van der Waals surface area contributed by atoms with Crippen molar-refractivity contribution in [3.05, 3.63) is 47.5 Å². The van der Waals surface area contributed by atoms with E-state index in [0.717, 1.165) is 31.2 Å². The first-order chi connectivity index (χ1) is 15.0. The average molecular weight is 473 g/mol. The van der Waals surface area contributed by atoms with Gasteiger partial charge in [-0.1, -0.05) is 12.1 Å². The Morgan fingerprint density at radius 1 is 1.16 bits per heavy atom. The van der Waals surface area contributed by atoms with Crippen LogP contribution in [0, 0.1) is 11.7 Å². The van der Waals surface area contributed by atoms with Crippen molar-refractivity contribution < 1.29 is 26.0 Å². The Kier molecular flexibility index (Phi) is 6.01. The molecule has 0 amide bonds. The zero-order valence-electron chi connectivity index (χ0n) is 17.3. The highest BCUT2D eigenvalue weighted by Crippen LogP contribution is 2.35. The van der Waals surface area contributed by atoms with Gasteiger partial charge in [-0.2, -0.15) is 17.6 Å². The van der Waals surface area contributed by atoms with Crippen molar-refractivity contribution in [1.82, 2.24) is 14.3 Å². The van der Waals surface area contributed by atoms with Crippen molar-refractivity contribution in [2.24, 2.45) is 5.92 Å². The lowest BCUT2D eigenvalue weighted by Crippen LogP contribution is -2.51. The number of anilines is 2. The fourth-order valence-corrected chi connectivity index (χ4v) is 4.57. The van der Waals surface area contributed by atoms with Gasteiger partial charge < -0.3 is 10.2 Å². The lowest BCUT2D eigenvalue weighted by molar-refractivity contribution is -0.137. The molecule has 12 heteroatoms. The Morgan fingerprint density at radius 2 is 1.81 bits per heavy atom. The summed E-state index contributed by atoms with van der Waals surface area (Å²) in [6.45, 7) is 1.32. The van der Waals surface area contributed by atoms with Crippen LogP contribution < -0.4 is 10.2 Å². The molecule has 2 fully saturated rings. The average Bonchev–Trinajstić information content (AvgIpc) is 3.50. The second-order valence-electron chi connectivity index (χ2n) is 8.24. The molecule has 1 aromatic heterocycles. The number of nitrogens with one attached hydrogen (secondary N) is 1. The van der Waals surface area contributed by atoms with Gasteiger partial charge in [0.1, 0.15) is 6.33 Å². The molecule has 0 bridgehead atoms. The predicted molar refractivity (Wildman–Crippen MR) is 111 cm³/mol. The second kappa shape index (κ2) is 8.47. The maximum atomic E-state index is 15.2. The van der Waals surface area contributed by atoms with Crippen LogP contribution in [-0.2, 0) is 22.7 Å². The molecular weight excluding hydrogens is 450 g/mol. The van der Waals surface area contributed by atoms with Crippen LogP contribution in [0.1, 0.15) is 24.0 Å². The summed E-state index contributed by atoms with van der Waals surface area (Å²) in [5, 5.41) is 2.93. The summed E-state index contributed by atoms with van der Waals surface area (Å²) in [5.74, 6) is -0.470. The molecule has 2 aromatic rings. The second-order valence-corrected chi connectivity index (χ2v) is 10.2. The summed E-state index contributed by atoms with van der Waals surface area (Å²) < 4.78 is 77.9. The molecule has 0 unspecified atom stereocenters. The standard InChI is InChI=1S/C20H23F4N5O2S/c1-32(30,31)28-9-14(10-28)8-25-18-17(21)19(27-12-26-18)29(16-6-7-16)11-13-2-4-15(5-3-13)20(22,23)24/h2-5,12,14,16H,6-11H2,1H3,(H,25,26,27). The Labute approximate surface area is 183 Å². The van der Waals surface area contributed by atoms with Crippen molar-refractivity contribution in [1.29, 1.82) is 0 Å². The highest BCUT2D eigenvalue weighted by molar-refractivity contribution is 7.88. The van der Waals surface area contributed by atoms with Gasteiger partial charge in [-0.3, -0.25) is 0 Å². The Hall–Kier alpha value is -2.47. The first kappa shape index (κ1) is 22.7. The van der Waals surface area contributed by atoms with E-state index in [1.54, 1.807) is 4.90 Å². The molecule has 32 heavy (non-hydrogen) atoms. The van der Waals surface area contributed by atoms with Crippen LogP contribution in [0.3, 0.4) is 0 Å². The number of hydrogen-bond donors (Lipinski definition) is 1. The van der Waals surface area contributed by atoms with Crippen LogP contribution in [0.25, 0.3) is 0 Å². The van der Waals surface area contributed by atoms with Crippen molar-refractivity contribution >= 4 is 21.7 Å². The molecule has 1 aromatic carbocycles. The minimum absolute atomic E-state index is 0.0193. The predicted octanol–water partition coefficient (Wildman–Crippen LogP) is 3.11. The van der Waals surface area contributed by atoms with E-state index < -0.39 is 27.6 Å². The van der Waals surface area contributed by atoms with E-state index in [1.807, 2.05) is 0 Å². The van der Waals surface area contributed by atoms with E-state index in [4.69, 9.17) is 0 Å². The van der Waals surface area contributed by atoms with E-state index in [2.05, 4.69) is 15.3 Å². The van der Waals surface area contributed by atoms with Crippen LogP contribution in [0.2, 0.25) is 0 Å². The maximum absolute atomic E-state index is 15.2. The largest absolute Gasteiger partial charge is 0.416 e. The van der Waals surface area contributed by atoms with E-state index in [1.165, 1.54) is 22.8 Å². The Balaban J connectivity index is 1.44. The van der Waals surface area contributed by atoms with Crippen LogP contribution in [-0.4, -0.2) is 54.6 Å². The van der Waals surface area contributed by atoms with Crippen LogP contribution >= 0.6 is 0 Å². The van der Waals surface area contributed by atoms with Crippen molar-refractivity contribution in [2.75, 3.05) is 36.1 Å². The summed E-state index contributed by atoms with van der Waals surface area (Å²) in [4.78, 5) is 9.81. The molecule has 2 aliphatic rings. The molecule has 174 valence electrons. The minimum Gasteiger partial charge on any atom is -0.367 e. The summed E-state index contributed by atoms with van der Waals surface area (Å²) in [6, 6.07) is 4.87. The number of benzene rings is 1. The number of nitrogens with zero attached hydrogens (tertiary/aromatic N) is 4. The summed E-state index contributed by atoms with van der Waals surface area (Å²) in [6.07, 6.45) is -0.331. The Bertz CT molecular complexity index is 1070. The number of halogens is 4. The van der Waals surface area contributed by atoms with Gasteiger partial charge in [-0.05, 0) is 30.5 Å². The van der Waals surface area contributed by atoms with Gasteiger partial charge in [0.25, 0.3) is 0 Å². The zero-order valence-corrected chi connectivity index (χ0v) is 18.1. The van der Waals surface area contributed by atoms with Crippen LogP contribution in [0.15, 0.2) is 30.6 Å². The molecule has 1 N–H and O–H groups in total. The number of alkyl halides is 3. The topological polar surface area (TPSA) is 78.4 Å². The molecule has 1 aliphatic carbocycles. The first-order valence-electron chi connectivity index (χ1n) is 10.1.